The first-order valence-electron chi connectivity index (χ1n) is 3.91. The van der Waals surface area contributed by atoms with E-state index in [2.05, 4.69) is 19.9 Å². The van der Waals surface area contributed by atoms with E-state index in [0.717, 1.165) is 5.56 Å². The molecule has 0 aliphatic carbocycles. The highest BCUT2D eigenvalue weighted by Gasteiger charge is 2.04. The third kappa shape index (κ3) is 2.15. The van der Waals surface area contributed by atoms with Crippen LogP contribution < -0.4 is 0 Å². The number of phenols is 1. The quantitative estimate of drug-likeness (QED) is 0.714. The van der Waals surface area contributed by atoms with Crippen LogP contribution in [-0.4, -0.2) is 5.11 Å². The second kappa shape index (κ2) is 4.36. The summed E-state index contributed by atoms with van der Waals surface area (Å²) in [5.74, 6) is 0.887. The van der Waals surface area contributed by atoms with Gasteiger partial charge in [-0.2, -0.15) is 0 Å². The molecule has 0 radical (unpaired) electrons. The summed E-state index contributed by atoms with van der Waals surface area (Å²) in [7, 11) is 0. The van der Waals surface area contributed by atoms with Gasteiger partial charge >= 0.3 is 0 Å². The lowest BCUT2D eigenvalue weighted by Gasteiger charge is -2.09. The molecule has 2 heteroatoms. The van der Waals surface area contributed by atoms with Crippen molar-refractivity contribution in [1.29, 1.82) is 0 Å². The third-order valence-electron chi connectivity index (χ3n) is 1.97. The molecule has 0 saturated carbocycles. The van der Waals surface area contributed by atoms with Gasteiger partial charge in [-0.25, -0.2) is 0 Å². The molecule has 12 heavy (non-hydrogen) atoms. The predicted octanol–water partition coefficient (Wildman–Crippen LogP) is 3.25. The SMILES string of the molecule is Cc1c(O)cccc1C(C)C.Cl. The Kier molecular flexibility index (Phi) is 4.11. The fourth-order valence-electron chi connectivity index (χ4n) is 1.27. The summed E-state index contributed by atoms with van der Waals surface area (Å²) in [5, 5.41) is 9.35. The molecule has 1 rings (SSSR count). The summed E-state index contributed by atoms with van der Waals surface area (Å²) >= 11 is 0. The van der Waals surface area contributed by atoms with Crippen LogP contribution in [0.5, 0.6) is 5.75 Å². The van der Waals surface area contributed by atoms with Crippen LogP contribution in [0.1, 0.15) is 30.9 Å². The zero-order chi connectivity index (χ0) is 8.43. The first-order valence-corrected chi connectivity index (χ1v) is 3.91. The van der Waals surface area contributed by atoms with Gasteiger partial charge in [-0.05, 0) is 30.0 Å². The highest BCUT2D eigenvalue weighted by Crippen LogP contribution is 2.25. The van der Waals surface area contributed by atoms with E-state index >= 15 is 0 Å². The number of halogens is 1. The Morgan fingerprint density at radius 3 is 2.25 bits per heavy atom. The molecule has 68 valence electrons. The summed E-state index contributed by atoms with van der Waals surface area (Å²) in [6.45, 7) is 6.20. The second-order valence-corrected chi connectivity index (χ2v) is 3.15. The van der Waals surface area contributed by atoms with Gasteiger partial charge in [-0.15, -0.1) is 12.4 Å². The second-order valence-electron chi connectivity index (χ2n) is 3.15. The van der Waals surface area contributed by atoms with Gasteiger partial charge < -0.3 is 5.11 Å². The summed E-state index contributed by atoms with van der Waals surface area (Å²) < 4.78 is 0. The predicted molar refractivity (Wildman–Crippen MR) is 54.2 cm³/mol. The zero-order valence-electron chi connectivity index (χ0n) is 7.66. The molecule has 1 aromatic carbocycles. The molecule has 1 N–H and O–H groups in total. The van der Waals surface area contributed by atoms with Gasteiger partial charge in [0.05, 0.1) is 0 Å². The van der Waals surface area contributed by atoms with E-state index in [4.69, 9.17) is 0 Å². The van der Waals surface area contributed by atoms with E-state index in [9.17, 15) is 5.11 Å². The number of hydrogen-bond acceptors (Lipinski definition) is 1. The van der Waals surface area contributed by atoms with Gasteiger partial charge in [0.2, 0.25) is 0 Å². The van der Waals surface area contributed by atoms with Crippen LogP contribution in [0.2, 0.25) is 0 Å². The first-order chi connectivity index (χ1) is 5.13. The standard InChI is InChI=1S/C10H14O.ClH/c1-7(2)9-5-4-6-10(11)8(9)3;/h4-7,11H,1-3H3;1H. The summed E-state index contributed by atoms with van der Waals surface area (Å²) in [5.41, 5.74) is 2.23. The lowest BCUT2D eigenvalue weighted by molar-refractivity contribution is 0.469. The molecule has 0 aliphatic rings. The molecule has 0 unspecified atom stereocenters. The molecule has 0 aromatic heterocycles. The van der Waals surface area contributed by atoms with E-state index in [0.29, 0.717) is 11.7 Å². The fourth-order valence-corrected chi connectivity index (χ4v) is 1.27. The van der Waals surface area contributed by atoms with Gasteiger partial charge in [0.15, 0.2) is 0 Å². The minimum absolute atomic E-state index is 0. The lowest BCUT2D eigenvalue weighted by atomic mass is 9.98. The van der Waals surface area contributed by atoms with Crippen molar-refractivity contribution in [2.24, 2.45) is 0 Å². The summed E-state index contributed by atoms with van der Waals surface area (Å²) in [6.07, 6.45) is 0. The molecule has 0 heterocycles. The molecule has 1 aromatic rings. The molecule has 0 spiro atoms. The van der Waals surface area contributed by atoms with E-state index in [-0.39, 0.29) is 12.4 Å². The van der Waals surface area contributed by atoms with Crippen molar-refractivity contribution < 1.29 is 5.11 Å². The Labute approximate surface area is 79.8 Å². The van der Waals surface area contributed by atoms with Crippen molar-refractivity contribution in [3.05, 3.63) is 29.3 Å². The number of aromatic hydroxyl groups is 1. The Morgan fingerprint density at radius 2 is 1.83 bits per heavy atom. The average molecular weight is 187 g/mol. The largest absolute Gasteiger partial charge is 0.508 e. The number of benzene rings is 1. The van der Waals surface area contributed by atoms with Crippen molar-refractivity contribution in [3.8, 4) is 5.75 Å². The maximum Gasteiger partial charge on any atom is 0.118 e. The van der Waals surface area contributed by atoms with Gasteiger partial charge in [0, 0.05) is 0 Å². The number of phenolic OH excluding ortho intramolecular Hbond substituents is 1. The van der Waals surface area contributed by atoms with Crippen molar-refractivity contribution in [3.63, 3.8) is 0 Å². The number of hydrogen-bond donors (Lipinski definition) is 1. The maximum atomic E-state index is 9.35. The van der Waals surface area contributed by atoms with E-state index < -0.39 is 0 Å². The normalized spacial score (nSPS) is 9.67. The molecule has 0 bridgehead atoms. The smallest absolute Gasteiger partial charge is 0.118 e. The van der Waals surface area contributed by atoms with Crippen LogP contribution in [-0.2, 0) is 0 Å². The van der Waals surface area contributed by atoms with Gasteiger partial charge in [0.25, 0.3) is 0 Å². The maximum absolute atomic E-state index is 9.35. The Balaban J connectivity index is 0.00000121. The molecule has 0 atom stereocenters. The molecule has 0 saturated heterocycles. The lowest BCUT2D eigenvalue weighted by Crippen LogP contribution is -1.90. The molecular weight excluding hydrogens is 172 g/mol. The van der Waals surface area contributed by atoms with Crippen LogP contribution in [0.3, 0.4) is 0 Å². The van der Waals surface area contributed by atoms with Crippen LogP contribution >= 0.6 is 12.4 Å². The van der Waals surface area contributed by atoms with Crippen molar-refractivity contribution in [1.82, 2.24) is 0 Å². The van der Waals surface area contributed by atoms with E-state index in [1.54, 1.807) is 6.07 Å². The monoisotopic (exact) mass is 186 g/mol. The van der Waals surface area contributed by atoms with Crippen LogP contribution in [0.4, 0.5) is 0 Å². The average Bonchev–Trinajstić information content (AvgIpc) is 1.94. The van der Waals surface area contributed by atoms with Gasteiger partial charge in [-0.1, -0.05) is 26.0 Å². The highest BCUT2D eigenvalue weighted by molar-refractivity contribution is 5.85. The van der Waals surface area contributed by atoms with Crippen LogP contribution in [0, 0.1) is 6.92 Å². The molecule has 0 amide bonds. The Bertz CT molecular complexity index is 256. The minimum Gasteiger partial charge on any atom is -0.508 e. The molecule has 1 nitrogen and oxygen atoms in total. The topological polar surface area (TPSA) is 20.2 Å². The highest BCUT2D eigenvalue weighted by atomic mass is 35.5. The Morgan fingerprint density at radius 1 is 1.25 bits per heavy atom. The van der Waals surface area contributed by atoms with Crippen molar-refractivity contribution in [2.45, 2.75) is 26.7 Å². The van der Waals surface area contributed by atoms with Crippen LogP contribution in [0.25, 0.3) is 0 Å². The van der Waals surface area contributed by atoms with E-state index in [1.807, 2.05) is 13.0 Å². The number of rotatable bonds is 1. The summed E-state index contributed by atoms with van der Waals surface area (Å²) in [6, 6.07) is 5.67. The third-order valence-corrected chi connectivity index (χ3v) is 1.97. The first kappa shape index (κ1) is 11.3. The zero-order valence-corrected chi connectivity index (χ0v) is 8.48. The van der Waals surface area contributed by atoms with E-state index in [1.165, 1.54) is 5.56 Å². The summed E-state index contributed by atoms with van der Waals surface area (Å²) in [4.78, 5) is 0. The van der Waals surface area contributed by atoms with Crippen molar-refractivity contribution >= 4 is 12.4 Å². The molecule has 0 aliphatic heterocycles. The van der Waals surface area contributed by atoms with Gasteiger partial charge in [0.1, 0.15) is 5.75 Å². The fraction of sp³-hybridized carbons (Fsp3) is 0.400. The van der Waals surface area contributed by atoms with Gasteiger partial charge in [-0.3, -0.25) is 0 Å². The minimum atomic E-state index is 0. The van der Waals surface area contributed by atoms with Crippen LogP contribution in [0.15, 0.2) is 18.2 Å². The molecule has 0 fully saturated rings. The Hall–Kier alpha value is -0.690. The van der Waals surface area contributed by atoms with Crippen molar-refractivity contribution in [2.75, 3.05) is 0 Å². The molecular formula is C10H15ClO.